The highest BCUT2D eigenvalue weighted by molar-refractivity contribution is 6.07. The average Bonchev–Trinajstić information content (AvgIpc) is 2.74. The average molecular weight is 293 g/mol. The van der Waals surface area contributed by atoms with E-state index in [1.165, 1.54) is 0 Å². The minimum absolute atomic E-state index is 0.155. The third-order valence-electron chi connectivity index (χ3n) is 5.31. The van der Waals surface area contributed by atoms with Crippen LogP contribution in [0.2, 0.25) is 0 Å². The van der Waals surface area contributed by atoms with Gasteiger partial charge in [0.25, 0.3) is 5.91 Å². The summed E-state index contributed by atoms with van der Waals surface area (Å²) >= 11 is 0. The SMILES string of the molecule is CC1CCC(C(=O)N2CCC3(CC2)NC(=O)NC3=O)CC1. The third-order valence-corrected chi connectivity index (χ3v) is 5.31. The van der Waals surface area contributed by atoms with E-state index in [0.29, 0.717) is 25.9 Å². The summed E-state index contributed by atoms with van der Waals surface area (Å²) in [6.45, 7) is 3.35. The van der Waals surface area contributed by atoms with E-state index in [-0.39, 0.29) is 17.7 Å². The van der Waals surface area contributed by atoms with E-state index in [9.17, 15) is 14.4 Å². The zero-order valence-electron chi connectivity index (χ0n) is 12.5. The van der Waals surface area contributed by atoms with Crippen LogP contribution in [0.4, 0.5) is 4.79 Å². The molecule has 0 aromatic rings. The Hall–Kier alpha value is -1.59. The van der Waals surface area contributed by atoms with Crippen LogP contribution in [-0.4, -0.2) is 41.4 Å². The molecule has 2 N–H and O–H groups in total. The van der Waals surface area contributed by atoms with Crippen molar-refractivity contribution in [2.75, 3.05) is 13.1 Å². The van der Waals surface area contributed by atoms with Crippen molar-refractivity contribution < 1.29 is 14.4 Å². The lowest BCUT2D eigenvalue weighted by atomic mass is 9.81. The van der Waals surface area contributed by atoms with Crippen LogP contribution in [0.25, 0.3) is 0 Å². The summed E-state index contributed by atoms with van der Waals surface area (Å²) < 4.78 is 0. The number of piperidine rings is 1. The van der Waals surface area contributed by atoms with Crippen LogP contribution in [0.3, 0.4) is 0 Å². The molecule has 0 bridgehead atoms. The van der Waals surface area contributed by atoms with Gasteiger partial charge in [-0.05, 0) is 44.4 Å². The third kappa shape index (κ3) is 2.63. The summed E-state index contributed by atoms with van der Waals surface area (Å²) in [5.41, 5.74) is -0.783. The molecule has 2 aliphatic heterocycles. The van der Waals surface area contributed by atoms with Gasteiger partial charge in [-0.2, -0.15) is 0 Å². The Morgan fingerprint density at radius 3 is 2.29 bits per heavy atom. The molecule has 2 saturated heterocycles. The number of urea groups is 1. The molecule has 0 radical (unpaired) electrons. The first-order valence-corrected chi connectivity index (χ1v) is 7.92. The van der Waals surface area contributed by atoms with E-state index in [1.54, 1.807) is 0 Å². The fraction of sp³-hybridized carbons (Fsp3) is 0.800. The number of nitrogens with zero attached hydrogens (tertiary/aromatic N) is 1. The normalized spacial score (nSPS) is 32.0. The van der Waals surface area contributed by atoms with Crippen LogP contribution in [-0.2, 0) is 9.59 Å². The van der Waals surface area contributed by atoms with E-state index >= 15 is 0 Å². The van der Waals surface area contributed by atoms with E-state index in [2.05, 4.69) is 17.6 Å². The molecule has 1 spiro atoms. The van der Waals surface area contributed by atoms with Gasteiger partial charge in [-0.25, -0.2) is 4.79 Å². The maximum Gasteiger partial charge on any atom is 0.322 e. The standard InChI is InChI=1S/C15H23N3O3/c1-10-2-4-11(5-3-10)12(19)18-8-6-15(7-9-18)13(20)16-14(21)17-15/h10-11H,2-9H2,1H3,(H2,16,17,20,21). The number of amides is 4. The van der Waals surface area contributed by atoms with Crippen molar-refractivity contribution in [1.82, 2.24) is 15.5 Å². The van der Waals surface area contributed by atoms with Gasteiger partial charge in [-0.15, -0.1) is 0 Å². The maximum absolute atomic E-state index is 12.5. The van der Waals surface area contributed by atoms with Crippen molar-refractivity contribution >= 4 is 17.8 Å². The molecule has 3 fully saturated rings. The Labute approximate surface area is 124 Å². The fourth-order valence-corrected chi connectivity index (χ4v) is 3.75. The number of likely N-dealkylation sites (tertiary alicyclic amines) is 1. The van der Waals surface area contributed by atoms with Crippen LogP contribution in [0.15, 0.2) is 0 Å². The number of nitrogens with one attached hydrogen (secondary N) is 2. The summed E-state index contributed by atoms with van der Waals surface area (Å²) in [6, 6.07) is -0.416. The Kier molecular flexibility index (Phi) is 3.63. The first-order valence-electron chi connectivity index (χ1n) is 7.92. The Balaban J connectivity index is 1.57. The van der Waals surface area contributed by atoms with Gasteiger partial charge in [-0.1, -0.05) is 6.92 Å². The predicted molar refractivity (Wildman–Crippen MR) is 76.3 cm³/mol. The molecule has 3 rings (SSSR count). The van der Waals surface area contributed by atoms with Gasteiger partial charge in [0.15, 0.2) is 0 Å². The van der Waals surface area contributed by atoms with Gasteiger partial charge >= 0.3 is 6.03 Å². The van der Waals surface area contributed by atoms with Crippen molar-refractivity contribution in [3.8, 4) is 0 Å². The zero-order valence-corrected chi connectivity index (χ0v) is 12.5. The predicted octanol–water partition coefficient (Wildman–Crippen LogP) is 1.01. The molecule has 6 nitrogen and oxygen atoms in total. The van der Waals surface area contributed by atoms with Crippen LogP contribution >= 0.6 is 0 Å². The number of carbonyl (C=O) groups is 3. The highest BCUT2D eigenvalue weighted by atomic mass is 16.2. The summed E-state index contributed by atoms with van der Waals surface area (Å²) in [5, 5.41) is 5.02. The number of hydrogen-bond acceptors (Lipinski definition) is 3. The van der Waals surface area contributed by atoms with Crippen molar-refractivity contribution in [3.63, 3.8) is 0 Å². The van der Waals surface area contributed by atoms with Gasteiger partial charge in [-0.3, -0.25) is 14.9 Å². The first-order chi connectivity index (χ1) is 10.00. The molecule has 2 heterocycles. The quantitative estimate of drug-likeness (QED) is 0.708. The molecule has 0 unspecified atom stereocenters. The molecular weight excluding hydrogens is 270 g/mol. The molecule has 3 aliphatic rings. The number of rotatable bonds is 1. The van der Waals surface area contributed by atoms with Crippen molar-refractivity contribution in [3.05, 3.63) is 0 Å². The monoisotopic (exact) mass is 293 g/mol. The summed E-state index contributed by atoms with van der Waals surface area (Å²) in [7, 11) is 0. The highest BCUT2D eigenvalue weighted by Gasteiger charge is 2.48. The lowest BCUT2D eigenvalue weighted by Gasteiger charge is -2.39. The molecule has 4 amide bonds. The molecule has 1 saturated carbocycles. The first kappa shape index (κ1) is 14.4. The molecule has 0 atom stereocenters. The van der Waals surface area contributed by atoms with E-state index in [1.807, 2.05) is 4.90 Å². The Morgan fingerprint density at radius 2 is 1.76 bits per heavy atom. The summed E-state index contributed by atoms with van der Waals surface area (Å²) in [4.78, 5) is 37.6. The van der Waals surface area contributed by atoms with Crippen LogP contribution in [0.1, 0.15) is 45.4 Å². The van der Waals surface area contributed by atoms with Gasteiger partial charge < -0.3 is 10.2 Å². The smallest absolute Gasteiger partial charge is 0.322 e. The largest absolute Gasteiger partial charge is 0.342 e. The van der Waals surface area contributed by atoms with E-state index in [0.717, 1.165) is 31.6 Å². The molecule has 116 valence electrons. The van der Waals surface area contributed by atoms with Crippen LogP contribution < -0.4 is 10.6 Å². The Morgan fingerprint density at radius 1 is 1.14 bits per heavy atom. The lowest BCUT2D eigenvalue weighted by Crippen LogP contribution is -2.56. The van der Waals surface area contributed by atoms with Gasteiger partial charge in [0, 0.05) is 19.0 Å². The second-order valence-electron chi connectivity index (χ2n) is 6.77. The van der Waals surface area contributed by atoms with Crippen molar-refractivity contribution in [2.45, 2.75) is 51.0 Å². The van der Waals surface area contributed by atoms with E-state index in [4.69, 9.17) is 0 Å². The number of carbonyl (C=O) groups excluding carboxylic acids is 3. The topological polar surface area (TPSA) is 78.5 Å². The van der Waals surface area contributed by atoms with Crippen LogP contribution in [0, 0.1) is 11.8 Å². The van der Waals surface area contributed by atoms with Crippen LogP contribution in [0.5, 0.6) is 0 Å². The highest BCUT2D eigenvalue weighted by Crippen LogP contribution is 2.32. The zero-order chi connectivity index (χ0) is 15.0. The van der Waals surface area contributed by atoms with Crippen molar-refractivity contribution in [2.24, 2.45) is 11.8 Å². The fourth-order valence-electron chi connectivity index (χ4n) is 3.75. The second-order valence-corrected chi connectivity index (χ2v) is 6.77. The summed E-state index contributed by atoms with van der Waals surface area (Å²) in [6.07, 6.45) is 5.26. The van der Waals surface area contributed by atoms with Gasteiger partial charge in [0.2, 0.25) is 5.91 Å². The lowest BCUT2D eigenvalue weighted by molar-refractivity contribution is -0.140. The number of imide groups is 1. The second kappa shape index (κ2) is 5.31. The molecule has 0 aromatic heterocycles. The molecule has 1 aliphatic carbocycles. The minimum atomic E-state index is -0.783. The minimum Gasteiger partial charge on any atom is -0.342 e. The van der Waals surface area contributed by atoms with Crippen molar-refractivity contribution in [1.29, 1.82) is 0 Å². The molecule has 21 heavy (non-hydrogen) atoms. The van der Waals surface area contributed by atoms with Gasteiger partial charge in [0.05, 0.1) is 0 Å². The molecule has 0 aromatic carbocycles. The Bertz CT molecular complexity index is 461. The molecular formula is C15H23N3O3. The van der Waals surface area contributed by atoms with E-state index < -0.39 is 11.6 Å². The van der Waals surface area contributed by atoms with Gasteiger partial charge in [0.1, 0.15) is 5.54 Å². The molecule has 6 heteroatoms. The maximum atomic E-state index is 12.5. The summed E-state index contributed by atoms with van der Waals surface area (Å²) in [5.74, 6) is 0.880. The number of hydrogen-bond donors (Lipinski definition) is 2.